The molecule has 6 rings (SSSR count). The molecule has 3 aliphatic heterocycles. The Morgan fingerprint density at radius 1 is 1.15 bits per heavy atom. The lowest BCUT2D eigenvalue weighted by molar-refractivity contribution is -0.138. The molecule has 1 aromatic heterocycles. The third-order valence-electron chi connectivity index (χ3n) is 7.13. The Bertz CT molecular complexity index is 1560. The molecule has 11 heteroatoms. The van der Waals surface area contributed by atoms with E-state index < -0.39 is 5.60 Å². The molecule has 0 saturated carbocycles. The summed E-state index contributed by atoms with van der Waals surface area (Å²) in [7, 11) is 0. The number of piperazine rings is 1. The summed E-state index contributed by atoms with van der Waals surface area (Å²) in [5.74, 6) is -0.271. The summed E-state index contributed by atoms with van der Waals surface area (Å²) >= 11 is 6.23. The molecule has 0 unspecified atom stereocenters. The number of carbonyl (C=O) groups is 2. The molecule has 4 heterocycles. The van der Waals surface area contributed by atoms with Gasteiger partial charge in [0, 0.05) is 34.6 Å². The molecule has 2 aromatic carbocycles. The van der Waals surface area contributed by atoms with Gasteiger partial charge < -0.3 is 29.5 Å². The highest BCUT2D eigenvalue weighted by Crippen LogP contribution is 2.37. The number of hydrogen-bond acceptors (Lipinski definition) is 7. The molecule has 3 aliphatic rings. The topological polar surface area (TPSA) is 120 Å². The molecular weight excluding hydrogens is 522 g/mol. The van der Waals surface area contributed by atoms with Gasteiger partial charge in [-0.15, -0.1) is 0 Å². The van der Waals surface area contributed by atoms with Crippen molar-refractivity contribution in [2.45, 2.75) is 44.9 Å². The Kier molecular flexibility index (Phi) is 6.02. The number of nitrogens with zero attached hydrogens (tertiary/aromatic N) is 4. The van der Waals surface area contributed by atoms with Crippen molar-refractivity contribution in [2.24, 2.45) is 10.1 Å². The van der Waals surface area contributed by atoms with Crippen LogP contribution in [0.5, 0.6) is 5.88 Å². The first kappa shape index (κ1) is 25.2. The highest BCUT2D eigenvalue weighted by Gasteiger charge is 2.48. The van der Waals surface area contributed by atoms with E-state index in [9.17, 15) is 14.7 Å². The van der Waals surface area contributed by atoms with Crippen LogP contribution < -0.4 is 0 Å². The number of hydrogen-bond donors (Lipinski definition) is 2. The van der Waals surface area contributed by atoms with E-state index in [0.29, 0.717) is 58.1 Å². The predicted molar refractivity (Wildman–Crippen MR) is 147 cm³/mol. The van der Waals surface area contributed by atoms with Crippen LogP contribution in [0.1, 0.15) is 38.3 Å². The summed E-state index contributed by atoms with van der Waals surface area (Å²) < 4.78 is 5.51. The van der Waals surface area contributed by atoms with Crippen LogP contribution in [-0.4, -0.2) is 80.7 Å². The zero-order valence-corrected chi connectivity index (χ0v) is 22.5. The number of fused-ring (bicyclic) bond motifs is 4. The van der Waals surface area contributed by atoms with Crippen molar-refractivity contribution in [3.8, 4) is 5.88 Å². The summed E-state index contributed by atoms with van der Waals surface area (Å²) in [6.45, 7) is 6.11. The zero-order chi connectivity index (χ0) is 27.5. The van der Waals surface area contributed by atoms with Gasteiger partial charge in [-0.25, -0.2) is 9.79 Å². The molecule has 202 valence electrons. The number of carbonyl (C=O) groups excluding carboxylic acids is 2. The average Bonchev–Trinajstić information content (AvgIpc) is 3.63. The molecule has 39 heavy (non-hydrogen) atoms. The van der Waals surface area contributed by atoms with Gasteiger partial charge in [0.15, 0.2) is 12.5 Å². The van der Waals surface area contributed by atoms with Gasteiger partial charge in [0.2, 0.25) is 0 Å². The summed E-state index contributed by atoms with van der Waals surface area (Å²) in [6.07, 6.45) is 0.366. The molecule has 3 aromatic rings. The van der Waals surface area contributed by atoms with E-state index in [4.69, 9.17) is 26.2 Å². The minimum Gasteiger partial charge on any atom is -0.494 e. The number of likely N-dealkylation sites (tertiary alicyclic amines) is 2. The highest BCUT2D eigenvalue weighted by molar-refractivity contribution is 6.58. The van der Waals surface area contributed by atoms with Crippen LogP contribution >= 0.6 is 11.6 Å². The maximum absolute atomic E-state index is 13.0. The monoisotopic (exact) mass is 549 g/mol. The number of amides is 2. The number of halogens is 1. The standard InChI is InChI=1S/C28H28ClN5O5/c1-28(2,3)39-27(37)34-13-16-11-17(34)12-33(16)22(35)14-38-32-24-18-6-4-5-7-20(18)30-25(24)23-19-10-15(29)8-9-21(19)31-26(23)36/h4-10,16-17,31,36H,11-14H2,1-3H3/b32-24+/t16-,17-/m0/s1. The molecule has 2 saturated heterocycles. The second-order valence-corrected chi connectivity index (χ2v) is 11.4. The van der Waals surface area contributed by atoms with Gasteiger partial charge in [-0.05, 0) is 51.5 Å². The number of aromatic nitrogens is 1. The van der Waals surface area contributed by atoms with Gasteiger partial charge >= 0.3 is 6.09 Å². The maximum atomic E-state index is 13.0. The van der Waals surface area contributed by atoms with Crippen molar-refractivity contribution in [1.82, 2.24) is 14.8 Å². The largest absolute Gasteiger partial charge is 0.494 e. The van der Waals surface area contributed by atoms with Gasteiger partial charge in [0.05, 0.1) is 23.3 Å². The van der Waals surface area contributed by atoms with Crippen molar-refractivity contribution in [2.75, 3.05) is 19.7 Å². The SMILES string of the molecule is CC(C)(C)OC(=O)N1C[C@@H]2C[C@H]1CN2C(=O)CO/N=C1/C(c2c(O)[nH]c3ccc(Cl)cc23)=Nc2ccccc21. The second kappa shape index (κ2) is 9.30. The van der Waals surface area contributed by atoms with E-state index in [1.54, 1.807) is 28.0 Å². The van der Waals surface area contributed by atoms with Gasteiger partial charge in [-0.3, -0.25) is 4.79 Å². The summed E-state index contributed by atoms with van der Waals surface area (Å²) in [5.41, 5.74) is 2.82. The zero-order valence-electron chi connectivity index (χ0n) is 21.8. The number of oxime groups is 1. The molecular formula is C28H28ClN5O5. The van der Waals surface area contributed by atoms with Crippen molar-refractivity contribution in [3.63, 3.8) is 0 Å². The molecule has 0 radical (unpaired) electrons. The Morgan fingerprint density at radius 3 is 2.64 bits per heavy atom. The lowest BCUT2D eigenvalue weighted by Crippen LogP contribution is -2.52. The van der Waals surface area contributed by atoms with Gasteiger partial charge in [0.25, 0.3) is 5.91 Å². The number of benzene rings is 2. The Labute approximate surface area is 229 Å². The smallest absolute Gasteiger partial charge is 0.410 e. The number of rotatable bonds is 4. The normalized spacial score (nSPS) is 21.0. The molecule has 10 nitrogen and oxygen atoms in total. The van der Waals surface area contributed by atoms with E-state index in [1.165, 1.54) is 0 Å². The lowest BCUT2D eigenvalue weighted by atomic mass is 10.0. The summed E-state index contributed by atoms with van der Waals surface area (Å²) in [6, 6.07) is 12.5. The van der Waals surface area contributed by atoms with Crippen LogP contribution in [0.3, 0.4) is 0 Å². The third kappa shape index (κ3) is 4.58. The number of para-hydroxylation sites is 1. The van der Waals surface area contributed by atoms with Gasteiger partial charge in [0.1, 0.15) is 17.0 Å². The number of aromatic amines is 1. The van der Waals surface area contributed by atoms with E-state index in [2.05, 4.69) is 10.1 Å². The Morgan fingerprint density at radius 2 is 1.90 bits per heavy atom. The fourth-order valence-electron chi connectivity index (χ4n) is 5.48. The average molecular weight is 550 g/mol. The first-order chi connectivity index (χ1) is 18.6. The Hall–Kier alpha value is -4.05. The molecule has 2 fully saturated rings. The summed E-state index contributed by atoms with van der Waals surface area (Å²) in [5, 5.41) is 16.3. The molecule has 2 amide bonds. The second-order valence-electron chi connectivity index (χ2n) is 11.0. The van der Waals surface area contributed by atoms with Crippen LogP contribution in [-0.2, 0) is 14.4 Å². The van der Waals surface area contributed by atoms with Crippen LogP contribution in [0.25, 0.3) is 10.9 Å². The highest BCUT2D eigenvalue weighted by atomic mass is 35.5. The van der Waals surface area contributed by atoms with Crippen LogP contribution in [0.4, 0.5) is 10.5 Å². The van der Waals surface area contributed by atoms with Crippen molar-refractivity contribution in [3.05, 3.63) is 58.6 Å². The van der Waals surface area contributed by atoms with E-state index in [1.807, 2.05) is 45.0 Å². The molecule has 0 spiro atoms. The lowest BCUT2D eigenvalue weighted by Gasteiger charge is -2.35. The first-order valence-electron chi connectivity index (χ1n) is 12.8. The summed E-state index contributed by atoms with van der Waals surface area (Å²) in [4.78, 5) is 42.3. The van der Waals surface area contributed by atoms with Gasteiger partial charge in [-0.2, -0.15) is 0 Å². The fraction of sp³-hybridized carbons (Fsp3) is 0.357. The number of H-pyrrole nitrogens is 1. The molecule has 2 bridgehead atoms. The molecule has 0 aliphatic carbocycles. The maximum Gasteiger partial charge on any atom is 0.410 e. The van der Waals surface area contributed by atoms with Crippen molar-refractivity contribution >= 4 is 51.6 Å². The number of nitrogens with one attached hydrogen (secondary N) is 1. The van der Waals surface area contributed by atoms with E-state index in [0.717, 1.165) is 5.56 Å². The molecule has 2 N–H and O–H groups in total. The van der Waals surface area contributed by atoms with Crippen molar-refractivity contribution in [1.29, 1.82) is 0 Å². The number of aromatic hydroxyl groups is 1. The number of aliphatic imine (C=N–C) groups is 1. The fourth-order valence-corrected chi connectivity index (χ4v) is 5.65. The number of ether oxygens (including phenoxy) is 1. The minimum absolute atomic E-state index is 0.0646. The van der Waals surface area contributed by atoms with E-state index in [-0.39, 0.29) is 36.6 Å². The molecule has 2 atom stereocenters. The first-order valence-corrected chi connectivity index (χ1v) is 13.1. The van der Waals surface area contributed by atoms with Crippen molar-refractivity contribution < 1.29 is 24.3 Å². The van der Waals surface area contributed by atoms with Crippen LogP contribution in [0.2, 0.25) is 5.02 Å². The van der Waals surface area contributed by atoms with Gasteiger partial charge in [-0.1, -0.05) is 35.0 Å². The minimum atomic E-state index is -0.571. The van der Waals surface area contributed by atoms with Crippen LogP contribution in [0.15, 0.2) is 52.6 Å². The van der Waals surface area contributed by atoms with Crippen LogP contribution in [0, 0.1) is 0 Å². The van der Waals surface area contributed by atoms with E-state index >= 15 is 0 Å². The predicted octanol–water partition coefficient (Wildman–Crippen LogP) is 4.60. The Balaban J connectivity index is 1.18. The third-order valence-corrected chi connectivity index (χ3v) is 7.36. The quantitative estimate of drug-likeness (QED) is 0.461.